The van der Waals surface area contributed by atoms with Gasteiger partial charge in [0, 0.05) is 32.6 Å². The Labute approximate surface area is 220 Å². The highest BCUT2D eigenvalue weighted by Gasteiger charge is 2.27. The van der Waals surface area contributed by atoms with Crippen LogP contribution in [-0.2, 0) is 27.4 Å². The lowest BCUT2D eigenvalue weighted by Crippen LogP contribution is -2.35. The van der Waals surface area contributed by atoms with Crippen molar-refractivity contribution < 1.29 is 24.1 Å². The van der Waals surface area contributed by atoms with Gasteiger partial charge in [0.05, 0.1) is 32.5 Å². The first-order valence-electron chi connectivity index (χ1n) is 13.5. The second-order valence-corrected chi connectivity index (χ2v) is 10.1. The highest BCUT2D eigenvalue weighted by Crippen LogP contribution is 2.32. The molecule has 0 fully saturated rings. The van der Waals surface area contributed by atoms with E-state index in [1.165, 1.54) is 16.3 Å². The van der Waals surface area contributed by atoms with Crippen LogP contribution in [0.2, 0.25) is 0 Å². The van der Waals surface area contributed by atoms with Crippen LogP contribution in [0.3, 0.4) is 0 Å². The van der Waals surface area contributed by atoms with Crippen LogP contribution in [0.4, 0.5) is 0 Å². The Morgan fingerprint density at radius 3 is 2.65 bits per heavy atom. The summed E-state index contributed by atoms with van der Waals surface area (Å²) < 4.78 is 23.1. The van der Waals surface area contributed by atoms with Crippen LogP contribution in [0.15, 0.2) is 60.7 Å². The standard InChI is InChI=1S/C31H41NO5/c1-31(2)36-23-27-20-25(14-15-30(27)37-31)29(33)21-32-16-7-3-4-8-17-34-18-19-35-22-26-12-9-11-24-10-5-6-13-28(24)26/h5-6,9-15,20,29,32-33H,3-4,7-8,16-19,21-23H2,1-2H3/t29-/m0/s1. The van der Waals surface area contributed by atoms with Gasteiger partial charge in [-0.2, -0.15) is 0 Å². The summed E-state index contributed by atoms with van der Waals surface area (Å²) in [5.41, 5.74) is 3.08. The molecule has 0 aliphatic carbocycles. The molecule has 0 saturated carbocycles. The van der Waals surface area contributed by atoms with Gasteiger partial charge in [0.25, 0.3) is 0 Å². The number of aliphatic hydroxyl groups excluding tert-OH is 1. The largest absolute Gasteiger partial charge is 0.463 e. The van der Waals surface area contributed by atoms with Crippen molar-refractivity contribution in [2.24, 2.45) is 0 Å². The van der Waals surface area contributed by atoms with Crippen LogP contribution in [0, 0.1) is 0 Å². The van der Waals surface area contributed by atoms with Crippen molar-refractivity contribution in [3.05, 3.63) is 77.4 Å². The molecule has 6 nitrogen and oxygen atoms in total. The summed E-state index contributed by atoms with van der Waals surface area (Å²) in [7, 11) is 0. The molecule has 0 aromatic heterocycles. The summed E-state index contributed by atoms with van der Waals surface area (Å²) in [6, 6.07) is 20.6. The van der Waals surface area contributed by atoms with E-state index in [1.807, 2.05) is 32.0 Å². The minimum absolute atomic E-state index is 0.498. The van der Waals surface area contributed by atoms with E-state index >= 15 is 0 Å². The molecular formula is C31H41NO5. The van der Waals surface area contributed by atoms with E-state index in [1.54, 1.807) is 0 Å². The number of nitrogens with one attached hydrogen (secondary N) is 1. The van der Waals surface area contributed by atoms with E-state index in [9.17, 15) is 5.11 Å². The van der Waals surface area contributed by atoms with Crippen LogP contribution in [0.25, 0.3) is 10.8 Å². The molecule has 1 aliphatic rings. The SMILES string of the molecule is CC1(C)OCc2cc([C@@H](O)CNCCCCCCOCCOCc3cccc4ccccc34)ccc2O1. The molecule has 0 bridgehead atoms. The number of aliphatic hydroxyl groups is 1. The molecule has 6 heteroatoms. The Kier molecular flexibility index (Phi) is 10.3. The van der Waals surface area contributed by atoms with Crippen LogP contribution < -0.4 is 10.1 Å². The summed E-state index contributed by atoms with van der Waals surface area (Å²) >= 11 is 0. The average molecular weight is 508 g/mol. The molecule has 2 N–H and O–H groups in total. The van der Waals surface area contributed by atoms with Gasteiger partial charge in [-0.25, -0.2) is 0 Å². The Morgan fingerprint density at radius 2 is 1.73 bits per heavy atom. The first kappa shape index (κ1) is 27.6. The lowest BCUT2D eigenvalue weighted by molar-refractivity contribution is -0.180. The number of hydrogen-bond donors (Lipinski definition) is 2. The Hall–Kier alpha value is -2.48. The summed E-state index contributed by atoms with van der Waals surface area (Å²) in [4.78, 5) is 0. The third kappa shape index (κ3) is 8.52. The lowest BCUT2D eigenvalue weighted by atomic mass is 10.0. The highest BCUT2D eigenvalue weighted by molar-refractivity contribution is 5.85. The van der Waals surface area contributed by atoms with Crippen molar-refractivity contribution in [3.8, 4) is 5.75 Å². The van der Waals surface area contributed by atoms with Gasteiger partial charge in [-0.1, -0.05) is 61.4 Å². The third-order valence-electron chi connectivity index (χ3n) is 6.64. The van der Waals surface area contributed by atoms with Gasteiger partial charge in [-0.3, -0.25) is 0 Å². The highest BCUT2D eigenvalue weighted by atomic mass is 16.7. The van der Waals surface area contributed by atoms with E-state index in [0.29, 0.717) is 33.0 Å². The molecule has 1 heterocycles. The molecule has 3 aromatic rings. The van der Waals surface area contributed by atoms with E-state index in [-0.39, 0.29) is 0 Å². The zero-order valence-corrected chi connectivity index (χ0v) is 22.2. The van der Waals surface area contributed by atoms with E-state index in [4.69, 9.17) is 18.9 Å². The number of benzene rings is 3. The molecule has 37 heavy (non-hydrogen) atoms. The van der Waals surface area contributed by atoms with Gasteiger partial charge in [-0.15, -0.1) is 0 Å². The number of fused-ring (bicyclic) bond motifs is 2. The number of ether oxygens (including phenoxy) is 4. The fraction of sp³-hybridized carbons (Fsp3) is 0.484. The van der Waals surface area contributed by atoms with Crippen molar-refractivity contribution in [3.63, 3.8) is 0 Å². The Morgan fingerprint density at radius 1 is 0.919 bits per heavy atom. The second kappa shape index (κ2) is 13.9. The number of hydrogen-bond acceptors (Lipinski definition) is 6. The third-order valence-corrected chi connectivity index (χ3v) is 6.64. The molecule has 3 aromatic carbocycles. The lowest BCUT2D eigenvalue weighted by Gasteiger charge is -2.33. The van der Waals surface area contributed by atoms with Crippen molar-refractivity contribution in [1.29, 1.82) is 0 Å². The van der Waals surface area contributed by atoms with E-state index in [2.05, 4.69) is 47.8 Å². The van der Waals surface area contributed by atoms with Gasteiger partial charge in [0.1, 0.15) is 5.75 Å². The molecule has 0 saturated heterocycles. The normalized spacial score (nSPS) is 15.3. The molecule has 1 aliphatic heterocycles. The van der Waals surface area contributed by atoms with Crippen molar-refractivity contribution in [1.82, 2.24) is 5.32 Å². The Balaban J connectivity index is 0.984. The zero-order valence-electron chi connectivity index (χ0n) is 22.2. The van der Waals surface area contributed by atoms with Gasteiger partial charge in [0.15, 0.2) is 0 Å². The van der Waals surface area contributed by atoms with E-state index < -0.39 is 11.9 Å². The first-order valence-corrected chi connectivity index (χ1v) is 13.5. The summed E-state index contributed by atoms with van der Waals surface area (Å²) in [6.07, 6.45) is 3.89. The molecule has 0 spiro atoms. The molecule has 4 rings (SSSR count). The number of rotatable bonds is 15. The minimum Gasteiger partial charge on any atom is -0.463 e. The van der Waals surface area contributed by atoms with Gasteiger partial charge in [-0.05, 0) is 53.4 Å². The molecular weight excluding hydrogens is 466 g/mol. The molecule has 1 atom stereocenters. The maximum atomic E-state index is 10.5. The van der Waals surface area contributed by atoms with Crippen molar-refractivity contribution >= 4 is 10.8 Å². The summed E-state index contributed by atoms with van der Waals surface area (Å²) in [6.45, 7) is 8.35. The topological polar surface area (TPSA) is 69.2 Å². The molecule has 0 unspecified atom stereocenters. The maximum Gasteiger partial charge on any atom is 0.205 e. The average Bonchev–Trinajstić information content (AvgIpc) is 2.90. The summed E-state index contributed by atoms with van der Waals surface area (Å²) in [5, 5.41) is 16.4. The second-order valence-electron chi connectivity index (χ2n) is 10.1. The van der Waals surface area contributed by atoms with Crippen molar-refractivity contribution in [2.75, 3.05) is 32.9 Å². The zero-order chi connectivity index (χ0) is 25.9. The monoisotopic (exact) mass is 507 g/mol. The smallest absolute Gasteiger partial charge is 0.205 e. The maximum absolute atomic E-state index is 10.5. The van der Waals surface area contributed by atoms with Gasteiger partial charge >= 0.3 is 0 Å². The summed E-state index contributed by atoms with van der Waals surface area (Å²) in [5.74, 6) is 0.228. The van der Waals surface area contributed by atoms with Gasteiger partial charge in [0.2, 0.25) is 5.79 Å². The van der Waals surface area contributed by atoms with Crippen LogP contribution in [0.5, 0.6) is 5.75 Å². The fourth-order valence-electron chi connectivity index (χ4n) is 4.55. The van der Waals surface area contributed by atoms with Gasteiger partial charge < -0.3 is 29.4 Å². The van der Waals surface area contributed by atoms with Crippen molar-refractivity contribution in [2.45, 2.75) is 64.6 Å². The molecule has 0 amide bonds. The van der Waals surface area contributed by atoms with E-state index in [0.717, 1.165) is 55.7 Å². The predicted molar refractivity (Wildman–Crippen MR) is 147 cm³/mol. The minimum atomic E-state index is -0.603. The van der Waals surface area contributed by atoms with Crippen LogP contribution in [-0.4, -0.2) is 43.8 Å². The van der Waals surface area contributed by atoms with Crippen LogP contribution in [0.1, 0.15) is 62.3 Å². The Bertz CT molecular complexity index is 1110. The molecule has 0 radical (unpaired) electrons. The fourth-order valence-corrected chi connectivity index (χ4v) is 4.55. The number of unbranched alkanes of at least 4 members (excludes halogenated alkanes) is 3. The quantitative estimate of drug-likeness (QED) is 0.250. The van der Waals surface area contributed by atoms with Crippen LogP contribution >= 0.6 is 0 Å². The molecule has 200 valence electrons. The first-order chi connectivity index (χ1) is 18.0. The predicted octanol–water partition coefficient (Wildman–Crippen LogP) is 5.90.